The van der Waals surface area contributed by atoms with E-state index in [0.717, 1.165) is 5.56 Å². The number of benzene rings is 1. The molecule has 4 unspecified atom stereocenters. The maximum atomic E-state index is 13.0. The Balaban J connectivity index is 2.98. The number of primary amides is 2. The number of amides is 5. The van der Waals surface area contributed by atoms with Crippen molar-refractivity contribution in [2.24, 2.45) is 33.7 Å². The summed E-state index contributed by atoms with van der Waals surface area (Å²) >= 11 is 0. The highest BCUT2D eigenvalue weighted by Crippen LogP contribution is 2.06. The average molecular weight is 564 g/mol. The predicted molar refractivity (Wildman–Crippen MR) is 144 cm³/mol. The van der Waals surface area contributed by atoms with Crippen LogP contribution in [0.2, 0.25) is 0 Å². The Morgan fingerprint density at radius 3 is 1.90 bits per heavy atom. The number of carbonyl (C=O) groups excluding carboxylic acids is 5. The Morgan fingerprint density at radius 1 is 0.775 bits per heavy atom. The lowest BCUT2D eigenvalue weighted by molar-refractivity contribution is -0.142. The van der Waals surface area contributed by atoms with Crippen LogP contribution < -0.4 is 44.6 Å². The van der Waals surface area contributed by atoms with E-state index in [-0.39, 0.29) is 44.6 Å². The zero-order chi connectivity index (χ0) is 30.2. The van der Waals surface area contributed by atoms with Gasteiger partial charge in [-0.3, -0.25) is 29.0 Å². The number of aliphatic imine (C=N–C) groups is 1. The monoisotopic (exact) mass is 563 g/mol. The van der Waals surface area contributed by atoms with E-state index in [0.29, 0.717) is 0 Å². The fourth-order valence-electron chi connectivity index (χ4n) is 3.51. The molecule has 0 aliphatic rings. The van der Waals surface area contributed by atoms with Gasteiger partial charge >= 0.3 is 5.97 Å². The molecular formula is C24H37N9O7. The summed E-state index contributed by atoms with van der Waals surface area (Å²) in [5.41, 5.74) is 27.6. The molecule has 0 fully saturated rings. The largest absolute Gasteiger partial charge is 0.480 e. The van der Waals surface area contributed by atoms with Crippen LogP contribution in [0, 0.1) is 0 Å². The first-order valence-electron chi connectivity index (χ1n) is 12.4. The van der Waals surface area contributed by atoms with Crippen molar-refractivity contribution in [3.63, 3.8) is 0 Å². The minimum atomic E-state index is -1.51. The van der Waals surface area contributed by atoms with Gasteiger partial charge in [0.25, 0.3) is 0 Å². The molecule has 220 valence electrons. The van der Waals surface area contributed by atoms with E-state index >= 15 is 0 Å². The Bertz CT molecular complexity index is 1080. The summed E-state index contributed by atoms with van der Waals surface area (Å²) in [5, 5.41) is 16.4. The molecule has 0 heterocycles. The maximum Gasteiger partial charge on any atom is 0.326 e. The summed E-state index contributed by atoms with van der Waals surface area (Å²) < 4.78 is 0. The maximum absolute atomic E-state index is 13.0. The molecular weight excluding hydrogens is 526 g/mol. The van der Waals surface area contributed by atoms with Crippen LogP contribution in [0.1, 0.15) is 37.7 Å². The number of guanidine groups is 1. The van der Waals surface area contributed by atoms with Gasteiger partial charge in [0.15, 0.2) is 5.96 Å². The molecule has 0 aliphatic heterocycles. The molecule has 0 aromatic heterocycles. The highest BCUT2D eigenvalue weighted by molar-refractivity contribution is 5.96. The lowest BCUT2D eigenvalue weighted by Crippen LogP contribution is -2.58. The van der Waals surface area contributed by atoms with Crippen molar-refractivity contribution in [1.29, 1.82) is 0 Å². The van der Waals surface area contributed by atoms with Crippen LogP contribution in [0.15, 0.2) is 35.3 Å². The van der Waals surface area contributed by atoms with Crippen LogP contribution in [-0.4, -0.2) is 77.3 Å². The Morgan fingerprint density at radius 2 is 1.35 bits per heavy atom. The second kappa shape index (κ2) is 17.0. The van der Waals surface area contributed by atoms with E-state index < -0.39 is 66.1 Å². The highest BCUT2D eigenvalue weighted by Gasteiger charge is 2.31. The van der Waals surface area contributed by atoms with Crippen LogP contribution in [-0.2, 0) is 35.2 Å². The van der Waals surface area contributed by atoms with Crippen LogP contribution in [0.4, 0.5) is 0 Å². The summed E-state index contributed by atoms with van der Waals surface area (Å²) in [6.45, 7) is 0.116. The summed E-state index contributed by atoms with van der Waals surface area (Å²) in [6, 6.07) is 3.44. The quantitative estimate of drug-likeness (QED) is 0.0478. The lowest BCUT2D eigenvalue weighted by Gasteiger charge is -2.24. The molecule has 1 aromatic rings. The number of hydrogen-bond acceptors (Lipinski definition) is 8. The minimum absolute atomic E-state index is 0.0476. The number of nitrogens with two attached hydrogens (primary N) is 5. The van der Waals surface area contributed by atoms with Crippen molar-refractivity contribution >= 4 is 41.5 Å². The summed E-state index contributed by atoms with van der Waals surface area (Å²) in [5.74, 6) is -5.92. The van der Waals surface area contributed by atoms with Crippen LogP contribution >= 0.6 is 0 Å². The molecule has 1 aromatic carbocycles. The van der Waals surface area contributed by atoms with E-state index in [4.69, 9.17) is 28.7 Å². The van der Waals surface area contributed by atoms with Gasteiger partial charge in [-0.05, 0) is 31.2 Å². The molecule has 0 spiro atoms. The second-order valence-corrected chi connectivity index (χ2v) is 8.94. The summed E-state index contributed by atoms with van der Waals surface area (Å²) in [7, 11) is 0. The van der Waals surface area contributed by atoms with Crippen molar-refractivity contribution in [3.8, 4) is 0 Å². The van der Waals surface area contributed by atoms with E-state index in [1.165, 1.54) is 0 Å². The van der Waals surface area contributed by atoms with Gasteiger partial charge in [0.1, 0.15) is 18.1 Å². The SMILES string of the molecule is NC(=O)CCC(NC(=O)C(CC(N)=O)NC(=O)C(N)Cc1ccccc1)C(=O)NC(CCCN=C(N)N)C(=O)O. The molecule has 14 N–H and O–H groups in total. The topological polar surface area (TPSA) is 301 Å². The first-order chi connectivity index (χ1) is 18.8. The van der Waals surface area contributed by atoms with Crippen LogP contribution in [0.25, 0.3) is 0 Å². The number of aliphatic carboxylic acids is 1. The van der Waals surface area contributed by atoms with Crippen LogP contribution in [0.5, 0.6) is 0 Å². The normalized spacial score (nSPS) is 13.5. The van der Waals surface area contributed by atoms with Gasteiger partial charge in [-0.1, -0.05) is 30.3 Å². The number of carboxylic acids is 1. The molecule has 40 heavy (non-hydrogen) atoms. The van der Waals surface area contributed by atoms with Crippen molar-refractivity contribution in [1.82, 2.24) is 16.0 Å². The van der Waals surface area contributed by atoms with Gasteiger partial charge in [0, 0.05) is 13.0 Å². The summed E-state index contributed by atoms with van der Waals surface area (Å²) in [6.07, 6.45) is -0.950. The third kappa shape index (κ3) is 13.2. The smallest absolute Gasteiger partial charge is 0.326 e. The van der Waals surface area contributed by atoms with Gasteiger partial charge < -0.3 is 49.7 Å². The molecule has 5 amide bonds. The van der Waals surface area contributed by atoms with Crippen molar-refractivity contribution in [2.45, 2.75) is 62.7 Å². The van der Waals surface area contributed by atoms with Gasteiger partial charge in [-0.2, -0.15) is 0 Å². The average Bonchev–Trinajstić information content (AvgIpc) is 2.87. The van der Waals surface area contributed by atoms with Gasteiger partial charge in [0.05, 0.1) is 12.5 Å². The first kappa shape index (κ1) is 33.3. The van der Waals surface area contributed by atoms with E-state index in [1.807, 2.05) is 0 Å². The molecule has 16 heteroatoms. The number of hydrogen-bond donors (Lipinski definition) is 9. The molecule has 0 radical (unpaired) electrons. The number of nitrogens with one attached hydrogen (secondary N) is 3. The van der Waals surface area contributed by atoms with E-state index in [1.54, 1.807) is 30.3 Å². The fraction of sp³-hybridized carbons (Fsp3) is 0.458. The Labute approximate surface area is 230 Å². The third-order valence-electron chi connectivity index (χ3n) is 5.55. The molecule has 1 rings (SSSR count). The third-order valence-corrected chi connectivity index (χ3v) is 5.55. The number of carboxylic acid groups (broad SMARTS) is 1. The highest BCUT2D eigenvalue weighted by atomic mass is 16.4. The standard InChI is InChI=1S/C24H37N9O7/c25-14(11-13-5-2-1-3-6-13)20(36)33-17(12-19(27)35)22(38)31-15(8-9-18(26)34)21(37)32-16(23(39)40)7-4-10-30-24(28)29/h1-3,5-6,14-17H,4,7-12,25H2,(H2,26,34)(H2,27,35)(H,31,38)(H,32,37)(H,33,36)(H,39,40)(H4,28,29,30). The van der Waals surface area contributed by atoms with Crippen LogP contribution in [0.3, 0.4) is 0 Å². The number of nitrogens with zero attached hydrogens (tertiary/aromatic N) is 1. The predicted octanol–water partition coefficient (Wildman–Crippen LogP) is -3.71. The van der Waals surface area contributed by atoms with Gasteiger partial charge in [0.2, 0.25) is 29.5 Å². The molecule has 16 nitrogen and oxygen atoms in total. The molecule has 0 aliphatic carbocycles. The minimum Gasteiger partial charge on any atom is -0.480 e. The number of rotatable bonds is 18. The Hall–Kier alpha value is -4.73. The lowest BCUT2D eigenvalue weighted by atomic mass is 10.0. The fourth-order valence-corrected chi connectivity index (χ4v) is 3.51. The van der Waals surface area contributed by atoms with E-state index in [9.17, 15) is 33.9 Å². The van der Waals surface area contributed by atoms with Crippen molar-refractivity contribution < 1.29 is 33.9 Å². The molecule has 4 atom stereocenters. The second-order valence-electron chi connectivity index (χ2n) is 8.94. The molecule has 0 bridgehead atoms. The zero-order valence-corrected chi connectivity index (χ0v) is 21.9. The number of carbonyl (C=O) groups is 6. The zero-order valence-electron chi connectivity index (χ0n) is 21.9. The van der Waals surface area contributed by atoms with E-state index in [2.05, 4.69) is 20.9 Å². The Kier molecular flexibility index (Phi) is 14.1. The molecule has 0 saturated heterocycles. The van der Waals surface area contributed by atoms with Gasteiger partial charge in [-0.25, -0.2) is 4.79 Å². The molecule has 0 saturated carbocycles. The van der Waals surface area contributed by atoms with Crippen molar-refractivity contribution in [3.05, 3.63) is 35.9 Å². The van der Waals surface area contributed by atoms with Gasteiger partial charge in [-0.15, -0.1) is 0 Å². The summed E-state index contributed by atoms with van der Waals surface area (Å²) in [4.78, 5) is 76.9. The first-order valence-corrected chi connectivity index (χ1v) is 12.4. The van der Waals surface area contributed by atoms with Crippen molar-refractivity contribution in [2.75, 3.05) is 6.54 Å².